The molecular formula is C17H14FN5O5S. The summed E-state index contributed by atoms with van der Waals surface area (Å²) in [7, 11) is -4.47. The van der Waals surface area contributed by atoms with Gasteiger partial charge in [0.1, 0.15) is 17.7 Å². The van der Waals surface area contributed by atoms with Gasteiger partial charge in [0.05, 0.1) is 22.6 Å². The van der Waals surface area contributed by atoms with Crippen LogP contribution in [-0.2, 0) is 9.84 Å². The van der Waals surface area contributed by atoms with E-state index in [0.717, 1.165) is 35.0 Å². The van der Waals surface area contributed by atoms with Gasteiger partial charge in [0.2, 0.25) is 9.84 Å². The van der Waals surface area contributed by atoms with Gasteiger partial charge in [0.25, 0.3) is 5.69 Å². The number of nitro benzene ring substituents is 1. The lowest BCUT2D eigenvalue weighted by molar-refractivity contribution is -0.384. The van der Waals surface area contributed by atoms with E-state index in [1.807, 2.05) is 0 Å². The van der Waals surface area contributed by atoms with Gasteiger partial charge in [-0.2, -0.15) is 0 Å². The molecule has 1 saturated heterocycles. The second-order valence-corrected chi connectivity index (χ2v) is 8.33. The minimum Gasteiger partial charge on any atom is -0.352 e. The summed E-state index contributed by atoms with van der Waals surface area (Å²) >= 11 is 0. The van der Waals surface area contributed by atoms with Crippen molar-refractivity contribution in [2.75, 3.05) is 18.0 Å². The van der Waals surface area contributed by atoms with Crippen LogP contribution >= 0.6 is 0 Å². The van der Waals surface area contributed by atoms with Crippen molar-refractivity contribution in [1.29, 1.82) is 0 Å². The molecule has 10 nitrogen and oxygen atoms in total. The number of benzene rings is 1. The van der Waals surface area contributed by atoms with Crippen molar-refractivity contribution in [3.63, 3.8) is 0 Å². The number of carbonyl (C=O) groups is 1. The van der Waals surface area contributed by atoms with Gasteiger partial charge in [-0.05, 0) is 30.7 Å². The first-order chi connectivity index (χ1) is 13.8. The number of nitrogens with zero attached hydrogens (tertiary/aromatic N) is 5. The van der Waals surface area contributed by atoms with Crippen LogP contribution in [0.1, 0.15) is 16.9 Å². The molecule has 29 heavy (non-hydrogen) atoms. The van der Waals surface area contributed by atoms with Gasteiger partial charge in [0.15, 0.2) is 5.65 Å². The second kappa shape index (κ2) is 6.88. The maximum atomic E-state index is 13.5. The Morgan fingerprint density at radius 3 is 2.55 bits per heavy atom. The number of imidazole rings is 1. The van der Waals surface area contributed by atoms with E-state index in [1.165, 1.54) is 0 Å². The topological polar surface area (TPSA) is 128 Å². The standard InChI is InChI=1S/C17H14FN5O5S/c18-11-7-8-21(10-11)16-6-5-15-19-9-14(22(15)20-16)17(24)29(27,28)13-3-1-12(2-4-13)23(25)26/h1-6,9,11H,7-8,10H2. The highest BCUT2D eigenvalue weighted by Gasteiger charge is 2.31. The molecular weight excluding hydrogens is 405 g/mol. The highest BCUT2D eigenvalue weighted by Crippen LogP contribution is 2.23. The lowest BCUT2D eigenvalue weighted by Crippen LogP contribution is -2.23. The normalized spacial score (nSPS) is 17.0. The summed E-state index contributed by atoms with van der Waals surface area (Å²) in [5.74, 6) is 0.400. The smallest absolute Gasteiger partial charge is 0.301 e. The number of alkyl halides is 1. The number of non-ortho nitro benzene ring substituents is 1. The number of rotatable bonds is 4. The largest absolute Gasteiger partial charge is 0.352 e. The van der Waals surface area contributed by atoms with E-state index >= 15 is 0 Å². The Kier molecular flexibility index (Phi) is 4.49. The number of halogens is 1. The van der Waals surface area contributed by atoms with Crippen LogP contribution in [0.4, 0.5) is 15.9 Å². The lowest BCUT2D eigenvalue weighted by atomic mass is 10.3. The molecule has 12 heteroatoms. The van der Waals surface area contributed by atoms with Crippen LogP contribution in [0.25, 0.3) is 5.65 Å². The van der Waals surface area contributed by atoms with Gasteiger partial charge in [-0.15, -0.1) is 5.10 Å². The van der Waals surface area contributed by atoms with Crippen molar-refractivity contribution in [2.24, 2.45) is 0 Å². The first kappa shape index (κ1) is 18.9. The highest BCUT2D eigenvalue weighted by molar-refractivity contribution is 8.06. The highest BCUT2D eigenvalue weighted by atomic mass is 32.2. The Labute approximate surface area is 163 Å². The van der Waals surface area contributed by atoms with Crippen molar-refractivity contribution in [3.05, 3.63) is 58.4 Å². The summed E-state index contributed by atoms with van der Waals surface area (Å²) in [6.45, 7) is 0.621. The van der Waals surface area contributed by atoms with Gasteiger partial charge in [0, 0.05) is 18.7 Å². The first-order valence-electron chi connectivity index (χ1n) is 8.55. The van der Waals surface area contributed by atoms with Crippen molar-refractivity contribution in [1.82, 2.24) is 14.6 Å². The van der Waals surface area contributed by atoms with Crippen molar-refractivity contribution >= 4 is 32.1 Å². The van der Waals surface area contributed by atoms with E-state index in [0.29, 0.717) is 18.8 Å². The SMILES string of the molecule is O=C(c1cnc2ccc(N3CCC(F)C3)nn12)S(=O)(=O)c1ccc([N+](=O)[O-])cc1. The maximum absolute atomic E-state index is 13.5. The van der Waals surface area contributed by atoms with Gasteiger partial charge in [-0.25, -0.2) is 22.3 Å². The molecule has 0 aliphatic carbocycles. The van der Waals surface area contributed by atoms with Crippen LogP contribution < -0.4 is 4.90 Å². The van der Waals surface area contributed by atoms with E-state index in [4.69, 9.17) is 0 Å². The van der Waals surface area contributed by atoms with Crippen LogP contribution in [0.3, 0.4) is 0 Å². The van der Waals surface area contributed by atoms with E-state index in [2.05, 4.69) is 10.1 Å². The zero-order valence-electron chi connectivity index (χ0n) is 14.8. The quantitative estimate of drug-likeness (QED) is 0.463. The number of fused-ring (bicyclic) bond motifs is 1. The summed E-state index contributed by atoms with van der Waals surface area (Å²) in [5.41, 5.74) is -0.322. The Morgan fingerprint density at radius 1 is 1.21 bits per heavy atom. The fraction of sp³-hybridized carbons (Fsp3) is 0.235. The third-order valence-electron chi connectivity index (χ3n) is 4.61. The Balaban J connectivity index is 1.71. The number of anilines is 1. The molecule has 1 aliphatic heterocycles. The molecule has 0 amide bonds. The third kappa shape index (κ3) is 3.31. The van der Waals surface area contributed by atoms with Gasteiger partial charge >= 0.3 is 5.12 Å². The van der Waals surface area contributed by atoms with Crippen LogP contribution in [0, 0.1) is 10.1 Å². The second-order valence-electron chi connectivity index (χ2n) is 6.48. The molecule has 0 bridgehead atoms. The van der Waals surface area contributed by atoms with E-state index < -0.39 is 26.0 Å². The number of hydrogen-bond acceptors (Lipinski definition) is 8. The molecule has 0 spiro atoms. The van der Waals surface area contributed by atoms with Crippen LogP contribution in [0.2, 0.25) is 0 Å². The fourth-order valence-corrected chi connectivity index (χ4v) is 4.21. The predicted octanol–water partition coefficient (Wildman–Crippen LogP) is 1.80. The minimum atomic E-state index is -4.47. The van der Waals surface area contributed by atoms with Crippen molar-refractivity contribution < 1.29 is 22.5 Å². The molecule has 0 saturated carbocycles. The monoisotopic (exact) mass is 419 g/mol. The zero-order valence-corrected chi connectivity index (χ0v) is 15.6. The summed E-state index contributed by atoms with van der Waals surface area (Å²) in [6, 6.07) is 7.19. The average molecular weight is 419 g/mol. The lowest BCUT2D eigenvalue weighted by Gasteiger charge is -2.16. The number of aromatic nitrogens is 3. The first-order valence-corrected chi connectivity index (χ1v) is 10.0. The van der Waals surface area contributed by atoms with Crippen molar-refractivity contribution in [3.8, 4) is 0 Å². The Bertz CT molecular complexity index is 1220. The van der Waals surface area contributed by atoms with Crippen molar-refractivity contribution in [2.45, 2.75) is 17.5 Å². The van der Waals surface area contributed by atoms with Crippen LogP contribution in [0.15, 0.2) is 47.5 Å². The maximum Gasteiger partial charge on any atom is 0.301 e. The third-order valence-corrected chi connectivity index (χ3v) is 6.20. The summed E-state index contributed by atoms with van der Waals surface area (Å²) in [4.78, 5) is 28.1. The molecule has 0 radical (unpaired) electrons. The molecule has 1 fully saturated rings. The summed E-state index contributed by atoms with van der Waals surface area (Å²) < 4.78 is 40.0. The molecule has 1 unspecified atom stereocenters. The number of hydrogen-bond donors (Lipinski definition) is 0. The molecule has 0 N–H and O–H groups in total. The van der Waals surface area contributed by atoms with Gasteiger partial charge in [-0.1, -0.05) is 0 Å². The van der Waals surface area contributed by atoms with E-state index in [-0.39, 0.29) is 28.5 Å². The molecule has 1 aliphatic rings. The zero-order chi connectivity index (χ0) is 20.8. The molecule has 3 heterocycles. The fourth-order valence-electron chi connectivity index (χ4n) is 3.09. The van der Waals surface area contributed by atoms with E-state index in [9.17, 15) is 27.7 Å². The average Bonchev–Trinajstić information content (AvgIpc) is 3.33. The molecule has 4 rings (SSSR count). The van der Waals surface area contributed by atoms with E-state index in [1.54, 1.807) is 17.0 Å². The molecule has 1 atom stereocenters. The number of carbonyl (C=O) groups excluding carboxylic acids is 1. The van der Waals surface area contributed by atoms with Crippen LogP contribution in [0.5, 0.6) is 0 Å². The van der Waals surface area contributed by atoms with Gasteiger partial charge < -0.3 is 4.90 Å². The predicted molar refractivity (Wildman–Crippen MR) is 99.3 cm³/mol. The number of nitro groups is 1. The summed E-state index contributed by atoms with van der Waals surface area (Å²) in [6.07, 6.45) is 0.488. The van der Waals surface area contributed by atoms with Crippen LogP contribution in [-0.4, -0.2) is 52.3 Å². The minimum absolute atomic E-state index is 0.164. The summed E-state index contributed by atoms with van der Waals surface area (Å²) in [5, 5.41) is 13.7. The number of sulfone groups is 1. The molecule has 3 aromatic rings. The Morgan fingerprint density at radius 2 is 1.93 bits per heavy atom. The Hall–Kier alpha value is -3.41. The molecule has 150 valence electrons. The molecule has 1 aromatic carbocycles. The molecule has 2 aromatic heterocycles. The van der Waals surface area contributed by atoms with Gasteiger partial charge in [-0.3, -0.25) is 14.9 Å².